The smallest absolute Gasteiger partial charge is 0.127 e. The predicted octanol–water partition coefficient (Wildman–Crippen LogP) is 3.94. The first-order chi connectivity index (χ1) is 8.09. The summed E-state index contributed by atoms with van der Waals surface area (Å²) in [5.41, 5.74) is 0.883. The fourth-order valence-electron chi connectivity index (χ4n) is 2.77. The summed E-state index contributed by atoms with van der Waals surface area (Å²) in [5.74, 6) is 1.39. The molecule has 1 heterocycles. The molecule has 1 nitrogen and oxygen atoms in total. The van der Waals surface area contributed by atoms with E-state index in [9.17, 15) is 4.39 Å². The van der Waals surface area contributed by atoms with Crippen molar-refractivity contribution < 1.29 is 4.39 Å². The molecule has 94 valence electrons. The van der Waals surface area contributed by atoms with Gasteiger partial charge in [-0.2, -0.15) is 0 Å². The maximum Gasteiger partial charge on any atom is 0.127 e. The van der Waals surface area contributed by atoms with Gasteiger partial charge in [-0.1, -0.05) is 35.8 Å². The molecule has 3 heteroatoms. The van der Waals surface area contributed by atoms with Crippen molar-refractivity contribution in [2.75, 3.05) is 13.1 Å². The van der Waals surface area contributed by atoms with Crippen molar-refractivity contribution in [3.8, 4) is 0 Å². The third kappa shape index (κ3) is 2.89. The van der Waals surface area contributed by atoms with Crippen LogP contribution in [0.25, 0.3) is 0 Å². The molecule has 1 aliphatic heterocycles. The van der Waals surface area contributed by atoms with E-state index < -0.39 is 0 Å². The Morgan fingerprint density at radius 3 is 2.82 bits per heavy atom. The molecule has 0 aromatic heterocycles. The summed E-state index contributed by atoms with van der Waals surface area (Å²) in [5, 5.41) is 3.42. The molecule has 2 rings (SSSR count). The van der Waals surface area contributed by atoms with Gasteiger partial charge in [0.15, 0.2) is 0 Å². The molecule has 1 fully saturated rings. The molecule has 0 saturated carbocycles. The standard InChI is InChI=1S/C14H19BrFN/c1-9(2)13-8-17-6-5-11(13)12-4-3-10(15)7-14(12)16/h3-4,7,9,11,13,17H,5-6,8H2,1-2H3. The van der Waals surface area contributed by atoms with E-state index in [0.717, 1.165) is 29.5 Å². The van der Waals surface area contributed by atoms with Gasteiger partial charge in [-0.05, 0) is 55.0 Å². The van der Waals surface area contributed by atoms with Gasteiger partial charge in [0, 0.05) is 4.47 Å². The highest BCUT2D eigenvalue weighted by atomic mass is 79.9. The highest BCUT2D eigenvalue weighted by Gasteiger charge is 2.30. The van der Waals surface area contributed by atoms with Crippen LogP contribution in [0, 0.1) is 17.7 Å². The zero-order chi connectivity index (χ0) is 12.4. The maximum absolute atomic E-state index is 14.0. The van der Waals surface area contributed by atoms with Crippen LogP contribution in [0.5, 0.6) is 0 Å². The molecule has 0 bridgehead atoms. The Bertz CT molecular complexity index is 392. The van der Waals surface area contributed by atoms with Gasteiger partial charge in [0.05, 0.1) is 0 Å². The molecule has 1 aromatic rings. The van der Waals surface area contributed by atoms with E-state index in [4.69, 9.17) is 0 Å². The molecule has 0 amide bonds. The van der Waals surface area contributed by atoms with Crippen LogP contribution in [0.4, 0.5) is 4.39 Å². The van der Waals surface area contributed by atoms with Crippen molar-refractivity contribution in [1.29, 1.82) is 0 Å². The summed E-state index contributed by atoms with van der Waals surface area (Å²) in [7, 11) is 0. The number of hydrogen-bond donors (Lipinski definition) is 1. The molecule has 0 spiro atoms. The van der Waals surface area contributed by atoms with Gasteiger partial charge < -0.3 is 5.32 Å². The van der Waals surface area contributed by atoms with Gasteiger partial charge >= 0.3 is 0 Å². The molecule has 1 aliphatic rings. The van der Waals surface area contributed by atoms with Gasteiger partial charge in [-0.15, -0.1) is 0 Å². The number of rotatable bonds is 2. The van der Waals surface area contributed by atoms with Gasteiger partial charge in [0.1, 0.15) is 5.82 Å². The zero-order valence-corrected chi connectivity index (χ0v) is 11.9. The first-order valence-corrected chi connectivity index (χ1v) is 7.04. The molecule has 0 aliphatic carbocycles. The van der Waals surface area contributed by atoms with E-state index in [2.05, 4.69) is 35.1 Å². The lowest BCUT2D eigenvalue weighted by Gasteiger charge is -2.35. The van der Waals surface area contributed by atoms with Crippen LogP contribution in [0.1, 0.15) is 31.7 Å². The third-order valence-electron chi connectivity index (χ3n) is 3.75. The lowest BCUT2D eigenvalue weighted by Crippen LogP contribution is -2.38. The normalized spacial score (nSPS) is 25.2. The van der Waals surface area contributed by atoms with Crippen LogP contribution in [-0.4, -0.2) is 13.1 Å². The van der Waals surface area contributed by atoms with E-state index >= 15 is 0 Å². The van der Waals surface area contributed by atoms with Crippen molar-refractivity contribution in [2.24, 2.45) is 11.8 Å². The molecule has 2 atom stereocenters. The second kappa shape index (κ2) is 5.49. The molecule has 1 saturated heterocycles. The summed E-state index contributed by atoms with van der Waals surface area (Å²) in [4.78, 5) is 0. The van der Waals surface area contributed by atoms with Crippen molar-refractivity contribution >= 4 is 15.9 Å². The highest BCUT2D eigenvalue weighted by molar-refractivity contribution is 9.10. The topological polar surface area (TPSA) is 12.0 Å². The molecule has 2 unspecified atom stereocenters. The summed E-state index contributed by atoms with van der Waals surface area (Å²) < 4.78 is 14.8. The van der Waals surface area contributed by atoms with Crippen LogP contribution < -0.4 is 5.32 Å². The maximum atomic E-state index is 14.0. The summed E-state index contributed by atoms with van der Waals surface area (Å²) in [6.07, 6.45) is 1.03. The van der Waals surface area contributed by atoms with Crippen LogP contribution in [0.2, 0.25) is 0 Å². The Hall–Kier alpha value is -0.410. The minimum absolute atomic E-state index is 0.0723. The van der Waals surface area contributed by atoms with Crippen LogP contribution >= 0.6 is 15.9 Å². The molecular formula is C14H19BrFN. The average molecular weight is 300 g/mol. The van der Waals surface area contributed by atoms with Gasteiger partial charge in [-0.3, -0.25) is 0 Å². The van der Waals surface area contributed by atoms with Crippen molar-refractivity contribution in [3.63, 3.8) is 0 Å². The predicted molar refractivity (Wildman–Crippen MR) is 72.7 cm³/mol. The number of halogens is 2. The first-order valence-electron chi connectivity index (χ1n) is 6.25. The van der Waals surface area contributed by atoms with Crippen molar-refractivity contribution in [3.05, 3.63) is 34.1 Å². The van der Waals surface area contributed by atoms with Crippen LogP contribution in [-0.2, 0) is 0 Å². The lowest BCUT2D eigenvalue weighted by molar-refractivity contribution is 0.251. The van der Waals surface area contributed by atoms with Gasteiger partial charge in [0.25, 0.3) is 0 Å². The fraction of sp³-hybridized carbons (Fsp3) is 0.571. The van der Waals surface area contributed by atoms with E-state index in [1.165, 1.54) is 0 Å². The Kier molecular flexibility index (Phi) is 4.21. The lowest BCUT2D eigenvalue weighted by atomic mass is 9.75. The quantitative estimate of drug-likeness (QED) is 0.872. The third-order valence-corrected chi connectivity index (χ3v) is 4.24. The van der Waals surface area contributed by atoms with E-state index in [1.54, 1.807) is 6.07 Å². The second-order valence-electron chi connectivity index (χ2n) is 5.17. The SMILES string of the molecule is CC(C)C1CNCCC1c1ccc(Br)cc1F. The number of piperidine rings is 1. The van der Waals surface area contributed by atoms with Gasteiger partial charge in [0.2, 0.25) is 0 Å². The minimum Gasteiger partial charge on any atom is -0.316 e. The molecule has 1 N–H and O–H groups in total. The fourth-order valence-corrected chi connectivity index (χ4v) is 3.10. The number of hydrogen-bond acceptors (Lipinski definition) is 1. The highest BCUT2D eigenvalue weighted by Crippen LogP contribution is 2.36. The molecule has 1 aromatic carbocycles. The molecular weight excluding hydrogens is 281 g/mol. The number of nitrogens with one attached hydrogen (secondary N) is 1. The van der Waals surface area contributed by atoms with Crippen molar-refractivity contribution in [2.45, 2.75) is 26.2 Å². The monoisotopic (exact) mass is 299 g/mol. The first kappa shape index (κ1) is 13.0. The minimum atomic E-state index is -0.0723. The van der Waals surface area contributed by atoms with Crippen LogP contribution in [0.3, 0.4) is 0 Å². The summed E-state index contributed by atoms with van der Waals surface area (Å²) in [6, 6.07) is 5.46. The van der Waals surface area contributed by atoms with E-state index in [0.29, 0.717) is 17.8 Å². The molecule has 0 radical (unpaired) electrons. The summed E-state index contributed by atoms with van der Waals surface area (Å²) >= 11 is 3.31. The Morgan fingerprint density at radius 1 is 1.41 bits per heavy atom. The Balaban J connectivity index is 2.29. The number of benzene rings is 1. The van der Waals surface area contributed by atoms with Crippen LogP contribution in [0.15, 0.2) is 22.7 Å². The van der Waals surface area contributed by atoms with E-state index in [-0.39, 0.29) is 5.82 Å². The van der Waals surface area contributed by atoms with Gasteiger partial charge in [-0.25, -0.2) is 4.39 Å². The Morgan fingerprint density at radius 2 is 2.18 bits per heavy atom. The Labute approximate surface area is 111 Å². The van der Waals surface area contributed by atoms with E-state index in [1.807, 2.05) is 12.1 Å². The zero-order valence-electron chi connectivity index (χ0n) is 10.3. The molecule has 17 heavy (non-hydrogen) atoms. The average Bonchev–Trinajstić information content (AvgIpc) is 2.29. The second-order valence-corrected chi connectivity index (χ2v) is 6.09. The summed E-state index contributed by atoms with van der Waals surface area (Å²) in [6.45, 7) is 6.43. The van der Waals surface area contributed by atoms with Crippen molar-refractivity contribution in [1.82, 2.24) is 5.32 Å². The largest absolute Gasteiger partial charge is 0.316 e.